The molecular formula is C14H10F2N2O3. The van der Waals surface area contributed by atoms with Gasteiger partial charge in [0, 0.05) is 11.4 Å². The third-order valence-electron chi connectivity index (χ3n) is 2.54. The standard InChI is InChI=1S/C14H10F2N2O3/c15-8-2-1-3-9(6-8)17-14(21)18-10-4-5-11(13(19)20)12(16)7-10/h1-7H,(H,19,20)(H2,17,18,21). The Balaban J connectivity index is 2.06. The molecule has 0 aliphatic rings. The highest BCUT2D eigenvalue weighted by molar-refractivity contribution is 6.00. The molecule has 3 N–H and O–H groups in total. The zero-order chi connectivity index (χ0) is 15.4. The first-order valence-corrected chi connectivity index (χ1v) is 5.82. The van der Waals surface area contributed by atoms with Gasteiger partial charge in [0.2, 0.25) is 0 Å². The quantitative estimate of drug-likeness (QED) is 0.812. The number of anilines is 2. The fraction of sp³-hybridized carbons (Fsp3) is 0. The van der Waals surface area contributed by atoms with Crippen LogP contribution in [-0.4, -0.2) is 17.1 Å². The molecule has 5 nitrogen and oxygen atoms in total. The van der Waals surface area contributed by atoms with Gasteiger partial charge < -0.3 is 15.7 Å². The van der Waals surface area contributed by atoms with Crippen molar-refractivity contribution in [1.82, 2.24) is 0 Å². The lowest BCUT2D eigenvalue weighted by molar-refractivity contribution is 0.0692. The number of hydrogen-bond acceptors (Lipinski definition) is 2. The predicted molar refractivity (Wildman–Crippen MR) is 72.4 cm³/mol. The van der Waals surface area contributed by atoms with Gasteiger partial charge in [0.15, 0.2) is 0 Å². The van der Waals surface area contributed by atoms with Crippen molar-refractivity contribution in [1.29, 1.82) is 0 Å². The van der Waals surface area contributed by atoms with Crippen LogP contribution in [0.5, 0.6) is 0 Å². The Hall–Kier alpha value is -2.96. The number of benzene rings is 2. The summed E-state index contributed by atoms with van der Waals surface area (Å²) in [7, 11) is 0. The number of halogens is 2. The summed E-state index contributed by atoms with van der Waals surface area (Å²) in [6.07, 6.45) is 0. The number of carbonyl (C=O) groups is 2. The fourth-order valence-corrected chi connectivity index (χ4v) is 1.63. The molecule has 0 fully saturated rings. The number of hydrogen-bond donors (Lipinski definition) is 3. The van der Waals surface area contributed by atoms with Gasteiger partial charge in [0.1, 0.15) is 11.6 Å². The number of carbonyl (C=O) groups excluding carboxylic acids is 1. The van der Waals surface area contributed by atoms with Crippen LogP contribution in [-0.2, 0) is 0 Å². The van der Waals surface area contributed by atoms with Crippen LogP contribution in [0.2, 0.25) is 0 Å². The molecule has 0 saturated carbocycles. The highest BCUT2D eigenvalue weighted by atomic mass is 19.1. The molecule has 0 spiro atoms. The second-order valence-corrected chi connectivity index (χ2v) is 4.09. The summed E-state index contributed by atoms with van der Waals surface area (Å²) in [5, 5.41) is 13.4. The van der Waals surface area contributed by atoms with Crippen molar-refractivity contribution < 1.29 is 23.5 Å². The maximum atomic E-state index is 13.4. The van der Waals surface area contributed by atoms with Crippen molar-refractivity contribution in [3.63, 3.8) is 0 Å². The molecule has 0 aliphatic heterocycles. The first-order chi connectivity index (χ1) is 9.95. The lowest BCUT2D eigenvalue weighted by Crippen LogP contribution is -2.19. The van der Waals surface area contributed by atoms with E-state index in [1.165, 1.54) is 24.3 Å². The van der Waals surface area contributed by atoms with Crippen molar-refractivity contribution in [2.45, 2.75) is 0 Å². The molecule has 2 aromatic carbocycles. The maximum Gasteiger partial charge on any atom is 0.338 e. The molecule has 0 saturated heterocycles. The van der Waals surface area contributed by atoms with Crippen LogP contribution in [0, 0.1) is 11.6 Å². The van der Waals surface area contributed by atoms with Gasteiger partial charge in [-0.2, -0.15) is 0 Å². The third kappa shape index (κ3) is 3.75. The van der Waals surface area contributed by atoms with E-state index in [4.69, 9.17) is 5.11 Å². The van der Waals surface area contributed by atoms with Crippen molar-refractivity contribution in [3.05, 3.63) is 59.7 Å². The number of aromatic carboxylic acids is 1. The van der Waals surface area contributed by atoms with Crippen LogP contribution in [0.3, 0.4) is 0 Å². The Morgan fingerprint density at radius 2 is 1.62 bits per heavy atom. The molecule has 0 atom stereocenters. The monoisotopic (exact) mass is 292 g/mol. The average molecular weight is 292 g/mol. The van der Waals surface area contributed by atoms with Crippen LogP contribution < -0.4 is 10.6 Å². The summed E-state index contributed by atoms with van der Waals surface area (Å²) in [5.74, 6) is -2.88. The van der Waals surface area contributed by atoms with Crippen LogP contribution >= 0.6 is 0 Å². The van der Waals surface area contributed by atoms with Crippen LogP contribution in [0.25, 0.3) is 0 Å². The van der Waals surface area contributed by atoms with Gasteiger partial charge >= 0.3 is 12.0 Å². The minimum absolute atomic E-state index is 0.0754. The zero-order valence-electron chi connectivity index (χ0n) is 10.6. The van der Waals surface area contributed by atoms with Crippen LogP contribution in [0.4, 0.5) is 25.0 Å². The van der Waals surface area contributed by atoms with Gasteiger partial charge in [-0.3, -0.25) is 0 Å². The van der Waals surface area contributed by atoms with E-state index in [1.807, 2.05) is 0 Å². The lowest BCUT2D eigenvalue weighted by Gasteiger charge is -2.08. The summed E-state index contributed by atoms with van der Waals surface area (Å²) in [6.45, 7) is 0. The Morgan fingerprint density at radius 1 is 0.952 bits per heavy atom. The number of amides is 2. The number of rotatable bonds is 3. The van der Waals surface area contributed by atoms with E-state index in [9.17, 15) is 18.4 Å². The zero-order valence-corrected chi connectivity index (χ0v) is 10.6. The van der Waals surface area contributed by atoms with Crippen molar-refractivity contribution >= 4 is 23.4 Å². The normalized spacial score (nSPS) is 10.0. The molecule has 0 unspecified atom stereocenters. The van der Waals surface area contributed by atoms with E-state index in [-0.39, 0.29) is 11.4 Å². The van der Waals surface area contributed by atoms with Gasteiger partial charge in [0.25, 0.3) is 0 Å². The van der Waals surface area contributed by atoms with Crippen LogP contribution in [0.15, 0.2) is 42.5 Å². The highest BCUT2D eigenvalue weighted by Crippen LogP contribution is 2.15. The summed E-state index contributed by atoms with van der Waals surface area (Å²) in [5.41, 5.74) is -0.187. The molecule has 0 heterocycles. The number of carboxylic acids is 1. The Kier molecular flexibility index (Phi) is 4.13. The Morgan fingerprint density at radius 3 is 2.19 bits per heavy atom. The minimum atomic E-state index is -1.40. The van der Waals surface area contributed by atoms with Gasteiger partial charge in [-0.05, 0) is 36.4 Å². The molecule has 0 radical (unpaired) electrons. The second-order valence-electron chi connectivity index (χ2n) is 4.09. The minimum Gasteiger partial charge on any atom is -0.478 e. The Bertz CT molecular complexity index is 704. The van der Waals surface area contributed by atoms with Gasteiger partial charge in [-0.15, -0.1) is 0 Å². The van der Waals surface area contributed by atoms with Crippen molar-refractivity contribution in [2.24, 2.45) is 0 Å². The summed E-state index contributed by atoms with van der Waals surface area (Å²) < 4.78 is 26.4. The molecule has 2 rings (SSSR count). The third-order valence-corrected chi connectivity index (χ3v) is 2.54. The molecule has 2 aromatic rings. The predicted octanol–water partition coefficient (Wildman–Crippen LogP) is 3.31. The Labute approximate surface area is 118 Å². The van der Waals surface area contributed by atoms with E-state index in [0.29, 0.717) is 0 Å². The average Bonchev–Trinajstić information content (AvgIpc) is 2.38. The number of carboxylic acid groups (broad SMARTS) is 1. The fourth-order valence-electron chi connectivity index (χ4n) is 1.63. The molecule has 21 heavy (non-hydrogen) atoms. The van der Waals surface area contributed by atoms with E-state index >= 15 is 0 Å². The lowest BCUT2D eigenvalue weighted by atomic mass is 10.2. The number of nitrogens with one attached hydrogen (secondary N) is 2. The van der Waals surface area contributed by atoms with E-state index in [0.717, 1.165) is 18.2 Å². The molecule has 108 valence electrons. The largest absolute Gasteiger partial charge is 0.478 e. The van der Waals surface area contributed by atoms with Gasteiger partial charge in [-0.1, -0.05) is 6.07 Å². The first kappa shape index (κ1) is 14.4. The summed E-state index contributed by atoms with van der Waals surface area (Å²) in [4.78, 5) is 22.3. The number of urea groups is 1. The molecule has 7 heteroatoms. The van der Waals surface area contributed by atoms with Gasteiger partial charge in [-0.25, -0.2) is 18.4 Å². The van der Waals surface area contributed by atoms with E-state index in [2.05, 4.69) is 10.6 Å². The maximum absolute atomic E-state index is 13.4. The highest BCUT2D eigenvalue weighted by Gasteiger charge is 2.11. The van der Waals surface area contributed by atoms with Crippen molar-refractivity contribution in [3.8, 4) is 0 Å². The molecule has 0 aromatic heterocycles. The van der Waals surface area contributed by atoms with Crippen molar-refractivity contribution in [2.75, 3.05) is 10.6 Å². The summed E-state index contributed by atoms with van der Waals surface area (Å²) in [6, 6.07) is 7.71. The van der Waals surface area contributed by atoms with Gasteiger partial charge in [0.05, 0.1) is 5.56 Å². The smallest absolute Gasteiger partial charge is 0.338 e. The molecule has 2 amide bonds. The topological polar surface area (TPSA) is 78.4 Å². The van der Waals surface area contributed by atoms with Crippen LogP contribution in [0.1, 0.15) is 10.4 Å². The first-order valence-electron chi connectivity index (χ1n) is 5.82. The molecular weight excluding hydrogens is 282 g/mol. The second kappa shape index (κ2) is 6.00. The molecule has 0 aliphatic carbocycles. The molecule has 0 bridgehead atoms. The SMILES string of the molecule is O=C(Nc1cccc(F)c1)Nc1ccc(C(=O)O)c(F)c1. The summed E-state index contributed by atoms with van der Waals surface area (Å²) >= 11 is 0. The van der Waals surface area contributed by atoms with E-state index < -0.39 is 29.2 Å². The van der Waals surface area contributed by atoms with E-state index in [1.54, 1.807) is 0 Å².